The molecule has 0 bridgehead atoms. The second-order valence-corrected chi connectivity index (χ2v) is 6.37. The Hall–Kier alpha value is -0.940. The van der Waals surface area contributed by atoms with Crippen molar-refractivity contribution in [2.45, 2.75) is 25.3 Å². The Kier molecular flexibility index (Phi) is 4.08. The summed E-state index contributed by atoms with van der Waals surface area (Å²) in [6.07, 6.45) is 3.03. The van der Waals surface area contributed by atoms with Crippen molar-refractivity contribution in [2.75, 3.05) is 19.8 Å². The van der Waals surface area contributed by atoms with Crippen molar-refractivity contribution in [3.8, 4) is 0 Å². The standard InChI is InChI=1S/C15H17BrFNO2/c16-13-3-1-2-12(14(13)17)15(19)18(11-4-5-11)8-10-6-7-20-9-10/h1-3,10-11H,4-9H2. The van der Waals surface area contributed by atoms with Crippen LogP contribution in [-0.4, -0.2) is 36.6 Å². The van der Waals surface area contributed by atoms with E-state index in [1.54, 1.807) is 18.2 Å². The van der Waals surface area contributed by atoms with Crippen molar-refractivity contribution >= 4 is 21.8 Å². The molecule has 3 nitrogen and oxygen atoms in total. The third-order valence-electron chi connectivity index (χ3n) is 3.91. The van der Waals surface area contributed by atoms with Gasteiger partial charge in [0.25, 0.3) is 5.91 Å². The Morgan fingerprint density at radius 1 is 1.40 bits per heavy atom. The van der Waals surface area contributed by atoms with Crippen LogP contribution in [0.5, 0.6) is 0 Å². The van der Waals surface area contributed by atoms with Gasteiger partial charge in [0.05, 0.1) is 16.6 Å². The highest BCUT2D eigenvalue weighted by atomic mass is 79.9. The van der Waals surface area contributed by atoms with Crippen LogP contribution in [0.4, 0.5) is 4.39 Å². The number of amides is 1. The summed E-state index contributed by atoms with van der Waals surface area (Å²) < 4.78 is 19.8. The second kappa shape index (κ2) is 5.82. The van der Waals surface area contributed by atoms with Crippen molar-refractivity contribution < 1.29 is 13.9 Å². The summed E-state index contributed by atoms with van der Waals surface area (Å²) in [5.41, 5.74) is 0.158. The number of benzene rings is 1. The minimum Gasteiger partial charge on any atom is -0.381 e. The molecule has 1 atom stereocenters. The number of halogens is 2. The molecule has 1 heterocycles. The maximum absolute atomic E-state index is 14.1. The van der Waals surface area contributed by atoms with E-state index in [1.165, 1.54) is 0 Å². The van der Waals surface area contributed by atoms with Crippen LogP contribution in [0, 0.1) is 11.7 Å². The van der Waals surface area contributed by atoms with E-state index < -0.39 is 5.82 Å². The predicted octanol–water partition coefficient (Wildman–Crippen LogP) is 3.23. The number of hydrogen-bond acceptors (Lipinski definition) is 2. The molecule has 0 spiro atoms. The number of rotatable bonds is 4. The molecule has 1 aromatic rings. The Labute approximate surface area is 126 Å². The molecule has 1 amide bonds. The molecule has 2 aliphatic rings. The number of nitrogens with zero attached hydrogens (tertiary/aromatic N) is 1. The van der Waals surface area contributed by atoms with Crippen molar-refractivity contribution in [3.63, 3.8) is 0 Å². The van der Waals surface area contributed by atoms with Crippen molar-refractivity contribution in [2.24, 2.45) is 5.92 Å². The third kappa shape index (κ3) is 2.88. The molecular weight excluding hydrogens is 325 g/mol. The average Bonchev–Trinajstić information content (AvgIpc) is 3.15. The van der Waals surface area contributed by atoms with Crippen LogP contribution in [0.2, 0.25) is 0 Å². The summed E-state index contributed by atoms with van der Waals surface area (Å²) in [6.45, 7) is 2.15. The summed E-state index contributed by atoms with van der Waals surface area (Å²) in [7, 11) is 0. The van der Waals surface area contributed by atoms with Crippen LogP contribution < -0.4 is 0 Å². The highest BCUT2D eigenvalue weighted by Crippen LogP contribution is 2.31. The Morgan fingerprint density at radius 2 is 2.20 bits per heavy atom. The molecule has 1 unspecified atom stereocenters. The van der Waals surface area contributed by atoms with Gasteiger partial charge in [-0.2, -0.15) is 0 Å². The van der Waals surface area contributed by atoms with E-state index in [4.69, 9.17) is 4.74 Å². The van der Waals surface area contributed by atoms with E-state index in [-0.39, 0.29) is 17.5 Å². The Bertz CT molecular complexity index is 513. The summed E-state index contributed by atoms with van der Waals surface area (Å²) in [5.74, 6) is -0.279. The lowest BCUT2D eigenvalue weighted by Gasteiger charge is -2.25. The van der Waals surface area contributed by atoms with Gasteiger partial charge in [0.1, 0.15) is 5.82 Å². The Balaban J connectivity index is 1.79. The van der Waals surface area contributed by atoms with Gasteiger partial charge < -0.3 is 9.64 Å². The monoisotopic (exact) mass is 341 g/mol. The predicted molar refractivity (Wildman–Crippen MR) is 77.1 cm³/mol. The zero-order valence-corrected chi connectivity index (χ0v) is 12.7. The molecule has 1 saturated heterocycles. The van der Waals surface area contributed by atoms with Gasteiger partial charge in [-0.1, -0.05) is 6.07 Å². The van der Waals surface area contributed by atoms with Gasteiger partial charge >= 0.3 is 0 Å². The first-order valence-corrected chi connectivity index (χ1v) is 7.79. The number of hydrogen-bond donors (Lipinski definition) is 0. The second-order valence-electron chi connectivity index (χ2n) is 5.52. The molecule has 1 saturated carbocycles. The van der Waals surface area contributed by atoms with Crippen LogP contribution in [0.1, 0.15) is 29.6 Å². The van der Waals surface area contributed by atoms with Crippen LogP contribution >= 0.6 is 15.9 Å². The molecule has 0 N–H and O–H groups in total. The zero-order valence-electron chi connectivity index (χ0n) is 11.1. The maximum Gasteiger partial charge on any atom is 0.257 e. The summed E-state index contributed by atoms with van der Waals surface area (Å²) in [6, 6.07) is 5.15. The molecule has 0 aromatic heterocycles. The maximum atomic E-state index is 14.1. The fourth-order valence-electron chi connectivity index (χ4n) is 2.61. The molecule has 108 valence electrons. The van der Waals surface area contributed by atoms with E-state index in [1.807, 2.05) is 4.90 Å². The lowest BCUT2D eigenvalue weighted by Crippen LogP contribution is -2.38. The molecule has 1 aromatic carbocycles. The lowest BCUT2D eigenvalue weighted by atomic mass is 10.1. The third-order valence-corrected chi connectivity index (χ3v) is 4.52. The molecular formula is C15H17BrFNO2. The molecule has 1 aliphatic heterocycles. The van der Waals surface area contributed by atoms with Crippen LogP contribution in [0.15, 0.2) is 22.7 Å². The molecule has 1 aliphatic carbocycles. The molecule has 0 radical (unpaired) electrons. The van der Waals surface area contributed by atoms with Gasteiger partial charge in [0, 0.05) is 25.1 Å². The molecule has 3 rings (SSSR count). The fraction of sp³-hybridized carbons (Fsp3) is 0.533. The van der Waals surface area contributed by atoms with Crippen LogP contribution in [-0.2, 0) is 4.74 Å². The van der Waals surface area contributed by atoms with E-state index in [9.17, 15) is 9.18 Å². The quantitative estimate of drug-likeness (QED) is 0.841. The Morgan fingerprint density at radius 3 is 2.85 bits per heavy atom. The molecule has 5 heteroatoms. The van der Waals surface area contributed by atoms with Gasteiger partial charge in [-0.3, -0.25) is 4.79 Å². The lowest BCUT2D eigenvalue weighted by molar-refractivity contribution is 0.0701. The average molecular weight is 342 g/mol. The topological polar surface area (TPSA) is 29.5 Å². The van der Waals surface area contributed by atoms with Gasteiger partial charge in [0.15, 0.2) is 0 Å². The first-order chi connectivity index (χ1) is 9.66. The number of ether oxygens (including phenoxy) is 1. The van der Waals surface area contributed by atoms with Crippen molar-refractivity contribution in [1.82, 2.24) is 4.90 Å². The summed E-state index contributed by atoms with van der Waals surface area (Å²) in [4.78, 5) is 14.4. The van der Waals surface area contributed by atoms with E-state index in [2.05, 4.69) is 15.9 Å². The first kappa shape index (κ1) is 14.0. The van der Waals surface area contributed by atoms with Crippen LogP contribution in [0.25, 0.3) is 0 Å². The zero-order chi connectivity index (χ0) is 14.1. The first-order valence-electron chi connectivity index (χ1n) is 6.99. The van der Waals surface area contributed by atoms with E-state index >= 15 is 0 Å². The largest absolute Gasteiger partial charge is 0.381 e. The van der Waals surface area contributed by atoms with Gasteiger partial charge in [0.2, 0.25) is 0 Å². The van der Waals surface area contributed by atoms with E-state index in [0.717, 1.165) is 25.9 Å². The number of carbonyl (C=O) groups is 1. The van der Waals surface area contributed by atoms with Crippen LogP contribution in [0.3, 0.4) is 0 Å². The van der Waals surface area contributed by atoms with Crippen molar-refractivity contribution in [1.29, 1.82) is 0 Å². The normalized spacial score (nSPS) is 22.0. The minimum absolute atomic E-state index is 0.158. The van der Waals surface area contributed by atoms with Crippen molar-refractivity contribution in [3.05, 3.63) is 34.1 Å². The molecule has 2 fully saturated rings. The highest BCUT2D eigenvalue weighted by molar-refractivity contribution is 9.10. The van der Waals surface area contributed by atoms with Gasteiger partial charge in [-0.25, -0.2) is 4.39 Å². The fourth-order valence-corrected chi connectivity index (χ4v) is 2.98. The summed E-state index contributed by atoms with van der Waals surface area (Å²) in [5, 5.41) is 0. The molecule has 20 heavy (non-hydrogen) atoms. The smallest absolute Gasteiger partial charge is 0.257 e. The highest BCUT2D eigenvalue weighted by Gasteiger charge is 2.36. The van der Waals surface area contributed by atoms with Gasteiger partial charge in [-0.05, 0) is 47.3 Å². The van der Waals surface area contributed by atoms with E-state index in [0.29, 0.717) is 23.5 Å². The summed E-state index contributed by atoms with van der Waals surface area (Å²) >= 11 is 3.14. The number of carbonyl (C=O) groups excluding carboxylic acids is 1. The minimum atomic E-state index is -0.467. The van der Waals surface area contributed by atoms with Gasteiger partial charge in [-0.15, -0.1) is 0 Å². The SMILES string of the molecule is O=C(c1cccc(Br)c1F)N(CC1CCOC1)C1CC1.